The van der Waals surface area contributed by atoms with Crippen molar-refractivity contribution in [2.45, 2.75) is 27.2 Å². The van der Waals surface area contributed by atoms with Gasteiger partial charge in [-0.15, -0.1) is 0 Å². The third-order valence-electron chi connectivity index (χ3n) is 5.12. The molecule has 0 amide bonds. The van der Waals surface area contributed by atoms with Crippen molar-refractivity contribution in [3.63, 3.8) is 0 Å². The monoisotopic (exact) mass is 532 g/mol. The fraction of sp³-hybridized carbons (Fsp3) is 0.219. The molecule has 0 saturated heterocycles. The summed E-state index contributed by atoms with van der Waals surface area (Å²) in [5.74, 6) is 0.554. The van der Waals surface area contributed by atoms with E-state index in [9.17, 15) is 14.6 Å². The summed E-state index contributed by atoms with van der Waals surface area (Å²) in [6, 6.07) is 25.1. The van der Waals surface area contributed by atoms with Gasteiger partial charge in [0, 0.05) is 42.4 Å². The van der Waals surface area contributed by atoms with Crippen LogP contribution >= 0.6 is 11.6 Å². The highest BCUT2D eigenvalue weighted by molar-refractivity contribution is 6.30. The lowest BCUT2D eigenvalue weighted by molar-refractivity contribution is -0.443. The van der Waals surface area contributed by atoms with Crippen LogP contribution in [-0.2, 0) is 4.79 Å². The minimum Gasteiger partial charge on any atom is -0.295 e. The second-order valence-electron chi connectivity index (χ2n) is 8.61. The molecule has 1 aliphatic carbocycles. The van der Waals surface area contributed by atoms with Crippen LogP contribution in [-0.4, -0.2) is 29.4 Å². The van der Waals surface area contributed by atoms with Crippen LogP contribution in [0, 0.1) is 22.7 Å². The first-order valence-corrected chi connectivity index (χ1v) is 12.4. The van der Waals surface area contributed by atoms with E-state index in [1.165, 1.54) is 32.1 Å². The Labute approximate surface area is 231 Å². The molecule has 0 heterocycles. The van der Waals surface area contributed by atoms with Gasteiger partial charge in [0.05, 0.1) is 0 Å². The lowest BCUT2D eigenvalue weighted by Crippen LogP contribution is -1.93. The second kappa shape index (κ2) is 17.5. The summed E-state index contributed by atoms with van der Waals surface area (Å²) in [4.78, 5) is 32.3. The standard InChI is InChI=1S/C12H11ClO.C10H12NO.C9H10NO.CH4/c13-11-6-1-9(2-7-11)3-8-12(14)10-4-5-10;1-9-3-5-10(6-4-9)7-8-11(2)12;1-10(11)8-7-9-5-3-2-4-6-9;/h1-3,6-8,10H,4-5H2;3-8H,1-2H3;2-8H,1H3;1H4/q;2*+1;/b8-3+;2*8-7+;. The molecule has 0 radical (unpaired) electrons. The molecule has 1 aliphatic rings. The van der Waals surface area contributed by atoms with E-state index in [4.69, 9.17) is 11.6 Å². The molecule has 0 unspecified atom stereocenters. The smallest absolute Gasteiger partial charge is 0.221 e. The van der Waals surface area contributed by atoms with E-state index in [-0.39, 0.29) is 13.2 Å². The van der Waals surface area contributed by atoms with Gasteiger partial charge in [-0.25, -0.2) is 0 Å². The summed E-state index contributed by atoms with van der Waals surface area (Å²) in [6.07, 6.45) is 12.2. The molecule has 3 aromatic carbocycles. The Balaban J connectivity index is 0.000000284. The van der Waals surface area contributed by atoms with Gasteiger partial charge in [-0.2, -0.15) is 0 Å². The molecule has 198 valence electrons. The van der Waals surface area contributed by atoms with Gasteiger partial charge in [0.1, 0.15) is 0 Å². The first-order valence-electron chi connectivity index (χ1n) is 12.0. The topological polar surface area (TPSA) is 57.2 Å². The largest absolute Gasteiger partial charge is 0.295 e. The van der Waals surface area contributed by atoms with Crippen LogP contribution in [0.3, 0.4) is 0 Å². The van der Waals surface area contributed by atoms with Crippen LogP contribution in [0.4, 0.5) is 0 Å². The number of hydrogen-bond acceptors (Lipinski definition) is 3. The number of allylic oxidation sites excluding steroid dienone is 1. The van der Waals surface area contributed by atoms with Crippen molar-refractivity contribution in [3.8, 4) is 0 Å². The van der Waals surface area contributed by atoms with Gasteiger partial charge in [0.2, 0.25) is 12.4 Å². The summed E-state index contributed by atoms with van der Waals surface area (Å²) in [5.41, 5.74) is 4.32. The fourth-order valence-corrected chi connectivity index (χ4v) is 3.01. The van der Waals surface area contributed by atoms with Gasteiger partial charge < -0.3 is 0 Å². The Bertz CT molecular complexity index is 1240. The van der Waals surface area contributed by atoms with E-state index < -0.39 is 0 Å². The predicted octanol–water partition coefficient (Wildman–Crippen LogP) is 8.41. The van der Waals surface area contributed by atoms with Crippen LogP contribution < -0.4 is 0 Å². The number of halogens is 1. The molecule has 4 rings (SSSR count). The predicted molar refractivity (Wildman–Crippen MR) is 160 cm³/mol. The second-order valence-corrected chi connectivity index (χ2v) is 9.04. The van der Waals surface area contributed by atoms with Gasteiger partial charge >= 0.3 is 0 Å². The number of nitroso groups, excluding NO2 is 2. The van der Waals surface area contributed by atoms with Crippen molar-refractivity contribution in [1.29, 1.82) is 0 Å². The van der Waals surface area contributed by atoms with Crippen LogP contribution in [0.1, 0.15) is 42.5 Å². The van der Waals surface area contributed by atoms with Gasteiger partial charge in [0.15, 0.2) is 19.9 Å². The van der Waals surface area contributed by atoms with Crippen molar-refractivity contribution >= 4 is 35.6 Å². The number of ketones is 1. The van der Waals surface area contributed by atoms with Crippen LogP contribution in [0.15, 0.2) is 97.3 Å². The summed E-state index contributed by atoms with van der Waals surface area (Å²) >= 11 is 5.74. The lowest BCUT2D eigenvalue weighted by Gasteiger charge is -1.93. The number of hydrogen-bond donors (Lipinski definition) is 0. The molecule has 0 N–H and O–H groups in total. The molecule has 1 saturated carbocycles. The van der Waals surface area contributed by atoms with Crippen molar-refractivity contribution in [2.75, 3.05) is 14.1 Å². The first kappa shape index (κ1) is 32.1. The minimum atomic E-state index is 0. The van der Waals surface area contributed by atoms with Crippen molar-refractivity contribution in [3.05, 3.63) is 134 Å². The van der Waals surface area contributed by atoms with E-state index in [2.05, 4.69) is 0 Å². The number of carbonyl (C=O) groups excluding carboxylic acids is 1. The Morgan fingerprint density at radius 3 is 1.66 bits per heavy atom. The van der Waals surface area contributed by atoms with Gasteiger partial charge in [0.25, 0.3) is 0 Å². The first-order chi connectivity index (χ1) is 17.7. The van der Waals surface area contributed by atoms with Gasteiger partial charge in [-0.1, -0.05) is 97.4 Å². The van der Waals surface area contributed by atoms with Crippen molar-refractivity contribution in [2.24, 2.45) is 5.92 Å². The Morgan fingerprint density at radius 2 is 1.18 bits per heavy atom. The van der Waals surface area contributed by atoms with Crippen molar-refractivity contribution in [1.82, 2.24) is 0 Å². The normalized spacial score (nSPS) is 12.2. The zero-order chi connectivity index (χ0) is 27.0. The summed E-state index contributed by atoms with van der Waals surface area (Å²) in [6.45, 7) is 2.03. The highest BCUT2D eigenvalue weighted by Gasteiger charge is 2.27. The molecular weight excluding hydrogens is 496 g/mol. The van der Waals surface area contributed by atoms with Crippen LogP contribution in [0.2, 0.25) is 5.02 Å². The van der Waals surface area contributed by atoms with E-state index in [1.54, 1.807) is 18.2 Å². The molecule has 0 aliphatic heterocycles. The molecule has 0 aromatic heterocycles. The third kappa shape index (κ3) is 14.6. The van der Waals surface area contributed by atoms with Crippen LogP contribution in [0.25, 0.3) is 18.2 Å². The molecule has 1 fully saturated rings. The molecule has 38 heavy (non-hydrogen) atoms. The molecule has 5 nitrogen and oxygen atoms in total. The molecule has 0 bridgehead atoms. The maximum atomic E-state index is 11.3. The summed E-state index contributed by atoms with van der Waals surface area (Å²) in [5, 5.41) is 0.718. The Hall–Kier alpha value is -3.96. The molecule has 3 aromatic rings. The van der Waals surface area contributed by atoms with E-state index in [0.717, 1.165) is 44.1 Å². The number of aryl methyl sites for hydroxylation is 1. The van der Waals surface area contributed by atoms with Crippen LogP contribution in [0.5, 0.6) is 0 Å². The van der Waals surface area contributed by atoms with E-state index in [1.807, 2.05) is 91.9 Å². The molecular formula is C32H37ClN2O3+2. The van der Waals surface area contributed by atoms with E-state index in [0.29, 0.717) is 5.92 Å². The average Bonchev–Trinajstić information content (AvgIpc) is 3.74. The quantitative estimate of drug-likeness (QED) is 0.227. The number of benzene rings is 3. The molecule has 0 spiro atoms. The van der Waals surface area contributed by atoms with Crippen molar-refractivity contribution < 1.29 is 14.3 Å². The maximum absolute atomic E-state index is 11.3. The van der Waals surface area contributed by atoms with Gasteiger partial charge in [-0.05, 0) is 54.7 Å². The molecule has 6 heteroatoms. The highest BCUT2D eigenvalue weighted by atomic mass is 35.5. The highest BCUT2D eigenvalue weighted by Crippen LogP contribution is 2.30. The summed E-state index contributed by atoms with van der Waals surface area (Å²) < 4.78 is 1.55. The summed E-state index contributed by atoms with van der Waals surface area (Å²) in [7, 11) is 2.92. The third-order valence-corrected chi connectivity index (χ3v) is 5.37. The zero-order valence-electron chi connectivity index (χ0n) is 21.5. The molecule has 0 atom stereocenters. The SMILES string of the molecule is C.C[N+](=O)/C=C/c1ccccc1.Cc1ccc(/C=C/[N+](C)=O)cc1.O=C(/C=C/c1ccc(Cl)cc1)C1CC1. The Kier molecular flexibility index (Phi) is 14.8. The average molecular weight is 533 g/mol. The zero-order valence-corrected chi connectivity index (χ0v) is 22.2. The number of nitrogens with zero attached hydrogens (tertiary/aromatic N) is 2. The minimum absolute atomic E-state index is 0. The Morgan fingerprint density at radius 1 is 0.737 bits per heavy atom. The lowest BCUT2D eigenvalue weighted by atomic mass is 10.1. The fourth-order valence-electron chi connectivity index (χ4n) is 2.88. The number of carbonyl (C=O) groups is 1. The number of rotatable bonds is 7. The van der Waals surface area contributed by atoms with Gasteiger partial charge in [-0.3, -0.25) is 4.79 Å². The van der Waals surface area contributed by atoms with E-state index >= 15 is 0 Å². The maximum Gasteiger partial charge on any atom is 0.221 e.